The van der Waals surface area contributed by atoms with Crippen LogP contribution in [0.1, 0.15) is 104 Å². The Balaban J connectivity index is 3.82. The van der Waals surface area contributed by atoms with Gasteiger partial charge in [-0.1, -0.05) is 0 Å². The number of carbonyl (C=O) groups is 5. The van der Waals surface area contributed by atoms with Crippen molar-refractivity contribution in [3.05, 3.63) is 0 Å². The van der Waals surface area contributed by atoms with Crippen LogP contribution in [-0.2, 0) is 52.4 Å². The second-order valence-electron chi connectivity index (χ2n) is 15.9. The maximum absolute atomic E-state index is 13.2. The van der Waals surface area contributed by atoms with Gasteiger partial charge in [0.25, 0.3) is 0 Å². The second kappa shape index (κ2) is 12.9. The molecule has 0 aromatic heterocycles. The zero-order chi connectivity index (χ0) is 33.2. The Bertz CT molecular complexity index is 1010. The lowest BCUT2D eigenvalue weighted by Crippen LogP contribution is -2.64. The van der Waals surface area contributed by atoms with E-state index >= 15 is 0 Å². The van der Waals surface area contributed by atoms with Gasteiger partial charge < -0.3 is 28.4 Å². The average Bonchev–Trinajstić information content (AvgIpc) is 2.77. The van der Waals surface area contributed by atoms with Gasteiger partial charge in [0.15, 0.2) is 12.2 Å². The highest BCUT2D eigenvalue weighted by atomic mass is 16.7. The molecule has 1 saturated heterocycles. The normalized spacial score (nSPS) is 23.8. The topological polar surface area (TPSA) is 141 Å². The van der Waals surface area contributed by atoms with E-state index in [1.165, 1.54) is 0 Å². The summed E-state index contributed by atoms with van der Waals surface area (Å²) in [5.41, 5.74) is -4.86. The zero-order valence-corrected chi connectivity index (χ0v) is 28.1. The minimum Gasteiger partial charge on any atom is -0.462 e. The predicted molar refractivity (Wildman–Crippen MR) is 153 cm³/mol. The molecule has 5 atom stereocenters. The second-order valence-corrected chi connectivity index (χ2v) is 15.9. The lowest BCUT2D eigenvalue weighted by atomic mass is 9.92. The van der Waals surface area contributed by atoms with Crippen molar-refractivity contribution in [3.63, 3.8) is 0 Å². The van der Waals surface area contributed by atoms with Crippen LogP contribution in [-0.4, -0.2) is 67.2 Å². The minimum absolute atomic E-state index is 0.439. The molecule has 0 saturated carbocycles. The fraction of sp³-hybridized carbons (Fsp3) is 0.839. The Labute approximate surface area is 250 Å². The number of hydrogen-bond donors (Lipinski definition) is 0. The third-order valence-corrected chi connectivity index (χ3v) is 5.98. The fourth-order valence-electron chi connectivity index (χ4n) is 3.07. The fourth-order valence-corrected chi connectivity index (χ4v) is 3.07. The SMILES string of the molecule is CC(C)(C)C(=O)OCC1O[C@@H](OC(=O)C(C)(C)C)C(OC(=O)C(C)(C)C)C(OC(=O)C(C)(C)C)[C@H]1OC(=O)C(C)(C)C. The van der Waals surface area contributed by atoms with Crippen LogP contribution in [0.4, 0.5) is 0 Å². The van der Waals surface area contributed by atoms with E-state index in [2.05, 4.69) is 0 Å². The van der Waals surface area contributed by atoms with Crippen molar-refractivity contribution in [2.75, 3.05) is 6.61 Å². The monoisotopic (exact) mass is 600 g/mol. The molecule has 0 N–H and O–H groups in total. The van der Waals surface area contributed by atoms with Crippen molar-refractivity contribution in [2.24, 2.45) is 27.1 Å². The summed E-state index contributed by atoms with van der Waals surface area (Å²) >= 11 is 0. The summed E-state index contributed by atoms with van der Waals surface area (Å²) in [6, 6.07) is 0. The Kier molecular flexibility index (Phi) is 11.5. The molecule has 11 heteroatoms. The molecule has 11 nitrogen and oxygen atoms in total. The molecule has 0 amide bonds. The standard InChI is InChI=1S/C31H52O11/c1-27(2,3)22(32)37-16-17-18(39-23(33)28(4,5)6)19(40-24(34)29(7,8)9)20(41-25(35)30(10,11)12)21(38-17)42-26(36)31(13,14)15/h17-21H,16H2,1-15H3/t17?,18-,19?,20?,21-/m0/s1. The number of ether oxygens (including phenoxy) is 6. The molecule has 242 valence electrons. The molecule has 3 unspecified atom stereocenters. The Hall–Kier alpha value is -2.69. The average molecular weight is 601 g/mol. The smallest absolute Gasteiger partial charge is 0.313 e. The maximum Gasteiger partial charge on any atom is 0.313 e. The van der Waals surface area contributed by atoms with Crippen LogP contribution >= 0.6 is 0 Å². The van der Waals surface area contributed by atoms with Crippen LogP contribution in [0.5, 0.6) is 0 Å². The molecule has 1 fully saturated rings. The van der Waals surface area contributed by atoms with Gasteiger partial charge in [-0.05, 0) is 104 Å². The summed E-state index contributed by atoms with van der Waals surface area (Å²) in [4.78, 5) is 65.3. The van der Waals surface area contributed by atoms with Crippen molar-refractivity contribution in [3.8, 4) is 0 Å². The third-order valence-electron chi connectivity index (χ3n) is 5.98. The maximum atomic E-state index is 13.2. The summed E-state index contributed by atoms with van der Waals surface area (Å²) in [7, 11) is 0. The van der Waals surface area contributed by atoms with E-state index in [1.807, 2.05) is 0 Å². The zero-order valence-electron chi connectivity index (χ0n) is 28.1. The van der Waals surface area contributed by atoms with E-state index < -0.39 is 94.2 Å². The van der Waals surface area contributed by atoms with Gasteiger partial charge >= 0.3 is 29.8 Å². The van der Waals surface area contributed by atoms with Gasteiger partial charge in [-0.25, -0.2) is 0 Å². The van der Waals surface area contributed by atoms with Crippen LogP contribution in [0.3, 0.4) is 0 Å². The van der Waals surface area contributed by atoms with Gasteiger partial charge in [-0.2, -0.15) is 0 Å². The highest BCUT2D eigenvalue weighted by molar-refractivity contribution is 5.78. The van der Waals surface area contributed by atoms with Gasteiger partial charge in [0.2, 0.25) is 12.4 Å². The van der Waals surface area contributed by atoms with Crippen LogP contribution in [0.25, 0.3) is 0 Å². The summed E-state index contributed by atoms with van der Waals surface area (Å²) in [5, 5.41) is 0. The molecular formula is C31H52O11. The quantitative estimate of drug-likeness (QED) is 0.308. The molecule has 0 aliphatic carbocycles. The van der Waals surface area contributed by atoms with Gasteiger partial charge in [0.1, 0.15) is 12.7 Å². The van der Waals surface area contributed by atoms with Gasteiger partial charge in [0.05, 0.1) is 27.1 Å². The number of carbonyl (C=O) groups excluding carboxylic acids is 5. The van der Waals surface area contributed by atoms with Crippen LogP contribution in [0.15, 0.2) is 0 Å². The first-order valence-corrected chi connectivity index (χ1v) is 14.2. The highest BCUT2D eigenvalue weighted by Crippen LogP contribution is 2.35. The molecule has 0 spiro atoms. The van der Waals surface area contributed by atoms with Crippen molar-refractivity contribution in [1.29, 1.82) is 0 Å². The summed E-state index contributed by atoms with van der Waals surface area (Å²) in [5.74, 6) is -3.34. The van der Waals surface area contributed by atoms with Crippen LogP contribution in [0.2, 0.25) is 0 Å². The van der Waals surface area contributed by atoms with Crippen molar-refractivity contribution in [1.82, 2.24) is 0 Å². The summed E-state index contributed by atoms with van der Waals surface area (Å²) in [6.07, 6.45) is -7.27. The summed E-state index contributed by atoms with van der Waals surface area (Å²) in [6.45, 7) is 24.1. The lowest BCUT2D eigenvalue weighted by Gasteiger charge is -2.45. The molecule has 0 aromatic rings. The number of hydrogen-bond acceptors (Lipinski definition) is 11. The first-order valence-electron chi connectivity index (χ1n) is 14.2. The van der Waals surface area contributed by atoms with Gasteiger partial charge in [-0.15, -0.1) is 0 Å². The van der Waals surface area contributed by atoms with Crippen molar-refractivity contribution >= 4 is 29.8 Å². The molecule has 0 radical (unpaired) electrons. The van der Waals surface area contributed by atoms with E-state index in [-0.39, 0.29) is 0 Å². The number of rotatable bonds is 6. The number of esters is 5. The minimum atomic E-state index is -1.59. The molecule has 1 rings (SSSR count). The van der Waals surface area contributed by atoms with E-state index in [0.29, 0.717) is 0 Å². The van der Waals surface area contributed by atoms with E-state index in [0.717, 1.165) is 0 Å². The first-order chi connectivity index (χ1) is 18.6. The van der Waals surface area contributed by atoms with Gasteiger partial charge in [-0.3, -0.25) is 24.0 Å². The molecule has 42 heavy (non-hydrogen) atoms. The lowest BCUT2D eigenvalue weighted by molar-refractivity contribution is -0.306. The van der Waals surface area contributed by atoms with Crippen molar-refractivity contribution in [2.45, 2.75) is 135 Å². The van der Waals surface area contributed by atoms with Gasteiger partial charge in [0, 0.05) is 0 Å². The third kappa shape index (κ3) is 10.5. The van der Waals surface area contributed by atoms with E-state index in [1.54, 1.807) is 104 Å². The molecular weight excluding hydrogens is 548 g/mol. The van der Waals surface area contributed by atoms with Crippen molar-refractivity contribution < 1.29 is 52.4 Å². The molecule has 0 bridgehead atoms. The highest BCUT2D eigenvalue weighted by Gasteiger charge is 2.56. The van der Waals surface area contributed by atoms with Crippen LogP contribution in [0, 0.1) is 27.1 Å². The Morgan fingerprint density at radius 1 is 0.452 bits per heavy atom. The molecule has 0 aromatic carbocycles. The first kappa shape index (κ1) is 37.3. The van der Waals surface area contributed by atoms with E-state index in [9.17, 15) is 24.0 Å². The Morgan fingerprint density at radius 3 is 1.12 bits per heavy atom. The predicted octanol–water partition coefficient (Wildman–Crippen LogP) is 4.76. The molecule has 1 aliphatic rings. The molecule has 1 aliphatic heterocycles. The molecule has 1 heterocycles. The van der Waals surface area contributed by atoms with E-state index in [4.69, 9.17) is 28.4 Å². The largest absolute Gasteiger partial charge is 0.462 e. The van der Waals surface area contributed by atoms with Crippen LogP contribution < -0.4 is 0 Å². The summed E-state index contributed by atoms with van der Waals surface area (Å²) < 4.78 is 34.9. The Morgan fingerprint density at radius 2 is 0.762 bits per heavy atom.